The van der Waals surface area contributed by atoms with Crippen LogP contribution in [0.4, 0.5) is 0 Å². The summed E-state index contributed by atoms with van der Waals surface area (Å²) in [5.74, 6) is -0.521. The number of amides is 1. The third kappa shape index (κ3) is 3.38. The summed E-state index contributed by atoms with van der Waals surface area (Å²) in [7, 11) is 0. The number of primary amides is 1. The molecule has 8 heteroatoms. The smallest absolute Gasteiger partial charge is 0.279 e. The lowest BCUT2D eigenvalue weighted by Crippen LogP contribution is -2.10. The molecule has 2 N–H and O–H groups in total. The number of nitrogens with two attached hydrogens (primary N) is 1. The molecule has 68 valence electrons. The highest BCUT2D eigenvalue weighted by atomic mass is 32.1. The maximum atomic E-state index is 10.2. The molecule has 0 spiro atoms. The fourth-order valence-electron chi connectivity index (χ4n) is 0.417. The molecule has 0 saturated carbocycles. The van der Waals surface area contributed by atoms with Gasteiger partial charge in [-0.25, -0.2) is 0 Å². The van der Waals surface area contributed by atoms with Crippen molar-refractivity contribution in [2.45, 2.75) is 0 Å². The first-order valence-electron chi connectivity index (χ1n) is 3.05. The van der Waals surface area contributed by atoms with Gasteiger partial charge in [-0.15, -0.1) is 20.4 Å². The van der Waals surface area contributed by atoms with E-state index in [1.54, 1.807) is 0 Å². The van der Waals surface area contributed by atoms with Crippen LogP contribution < -0.4 is 5.73 Å². The summed E-state index contributed by atoms with van der Waals surface area (Å²) in [5.41, 5.74) is 6.29. The van der Waals surface area contributed by atoms with Crippen LogP contribution in [0.3, 0.4) is 0 Å². The lowest BCUT2D eigenvalue weighted by atomic mass is 10.7. The van der Waals surface area contributed by atoms with Gasteiger partial charge in [-0.1, -0.05) is 11.3 Å². The van der Waals surface area contributed by atoms with Crippen molar-refractivity contribution in [3.63, 3.8) is 0 Å². The highest BCUT2D eigenvalue weighted by molar-refractivity contribution is 7.11. The molecular formula is C5H5N5O2S. The molecule has 13 heavy (non-hydrogen) atoms. The first-order chi connectivity index (χ1) is 6.30. The third-order valence-electron chi connectivity index (χ3n) is 0.853. The molecule has 0 aliphatic carbocycles. The summed E-state index contributed by atoms with van der Waals surface area (Å²) in [6.07, 6.45) is 2.53. The van der Waals surface area contributed by atoms with Crippen molar-refractivity contribution in [2.75, 3.05) is 0 Å². The number of carbonyl (C=O) groups excluding carboxylic acids is 1. The van der Waals surface area contributed by atoms with Crippen LogP contribution in [0.15, 0.2) is 22.7 Å². The molecule has 0 aliphatic rings. The Morgan fingerprint density at radius 3 is 2.31 bits per heavy atom. The molecule has 0 atom stereocenters. The second-order valence-electron chi connectivity index (χ2n) is 1.69. The maximum Gasteiger partial charge on any atom is 0.279 e. The van der Waals surface area contributed by atoms with Crippen molar-refractivity contribution in [1.82, 2.24) is 20.4 Å². The summed E-state index contributed by atoms with van der Waals surface area (Å²) in [6, 6.07) is 0. The van der Waals surface area contributed by atoms with Gasteiger partial charge in [-0.2, -0.15) is 0 Å². The van der Waals surface area contributed by atoms with E-state index in [-0.39, 0.29) is 5.01 Å². The Balaban J connectivity index is 0.000000145. The van der Waals surface area contributed by atoms with Crippen molar-refractivity contribution in [3.05, 3.63) is 23.3 Å². The van der Waals surface area contributed by atoms with E-state index in [0.29, 0.717) is 0 Å². The summed E-state index contributed by atoms with van der Waals surface area (Å²) in [4.78, 5) is 10.2. The zero-order chi connectivity index (χ0) is 9.52. The van der Waals surface area contributed by atoms with Crippen molar-refractivity contribution in [1.29, 1.82) is 0 Å². The topological polar surface area (TPSA) is 108 Å². The lowest BCUT2D eigenvalue weighted by Gasteiger charge is -1.76. The zero-order valence-corrected chi connectivity index (χ0v) is 7.14. The molecule has 2 heterocycles. The summed E-state index contributed by atoms with van der Waals surface area (Å²) >= 11 is 1.13. The van der Waals surface area contributed by atoms with Crippen molar-refractivity contribution in [2.24, 2.45) is 5.73 Å². The van der Waals surface area contributed by atoms with Gasteiger partial charge >= 0.3 is 0 Å². The van der Waals surface area contributed by atoms with Crippen LogP contribution in [0, 0.1) is 0 Å². The third-order valence-corrected chi connectivity index (χ3v) is 1.56. The van der Waals surface area contributed by atoms with E-state index in [4.69, 9.17) is 5.73 Å². The van der Waals surface area contributed by atoms with Crippen LogP contribution in [0.25, 0.3) is 0 Å². The van der Waals surface area contributed by atoms with E-state index >= 15 is 0 Å². The molecule has 1 amide bonds. The van der Waals surface area contributed by atoms with Gasteiger partial charge in [0.2, 0.25) is 17.8 Å². The molecule has 0 aliphatic heterocycles. The van der Waals surface area contributed by atoms with Crippen LogP contribution in [0.1, 0.15) is 9.80 Å². The Bertz CT molecular complexity index is 314. The van der Waals surface area contributed by atoms with Crippen LogP contribution >= 0.6 is 11.3 Å². The molecule has 2 aromatic heterocycles. The minimum Gasteiger partial charge on any atom is -0.431 e. The van der Waals surface area contributed by atoms with Crippen molar-refractivity contribution < 1.29 is 9.21 Å². The van der Waals surface area contributed by atoms with Gasteiger partial charge in [0.25, 0.3) is 5.91 Å². The quantitative estimate of drug-likeness (QED) is 0.675. The fourth-order valence-corrected chi connectivity index (χ4v) is 0.821. The molecule has 0 aromatic carbocycles. The fraction of sp³-hybridized carbons (Fsp3) is 0. The van der Waals surface area contributed by atoms with E-state index in [0.717, 1.165) is 11.3 Å². The average molecular weight is 199 g/mol. The first kappa shape index (κ1) is 9.26. The van der Waals surface area contributed by atoms with Gasteiger partial charge in [-0.3, -0.25) is 4.79 Å². The predicted octanol–water partition coefficient (Wildman–Crippen LogP) is -0.293. The second kappa shape index (κ2) is 4.93. The van der Waals surface area contributed by atoms with Crippen LogP contribution in [0.5, 0.6) is 0 Å². The molecule has 7 nitrogen and oxygen atoms in total. The standard InChI is InChI=1S/C3H3N3OS.C2H2N2O/c4-2(7)3-6-5-1-8-3;1-3-4-2-5-1/h1H,(H2,4,7);1-2H. The molecule has 0 unspecified atom stereocenters. The molecule has 0 bridgehead atoms. The van der Waals surface area contributed by atoms with Gasteiger partial charge in [0.05, 0.1) is 0 Å². The second-order valence-corrected chi connectivity index (χ2v) is 2.52. The minimum atomic E-state index is -0.521. The number of rotatable bonds is 1. The van der Waals surface area contributed by atoms with E-state index in [1.807, 2.05) is 0 Å². The summed E-state index contributed by atoms with van der Waals surface area (Å²) in [6.45, 7) is 0. The van der Waals surface area contributed by atoms with Gasteiger partial charge in [0.1, 0.15) is 5.51 Å². The highest BCUT2D eigenvalue weighted by Gasteiger charge is 2.00. The Morgan fingerprint density at radius 2 is 2.08 bits per heavy atom. The number of carbonyl (C=O) groups is 1. The predicted molar refractivity (Wildman–Crippen MR) is 42.7 cm³/mol. The molecule has 0 radical (unpaired) electrons. The zero-order valence-electron chi connectivity index (χ0n) is 6.32. The Morgan fingerprint density at radius 1 is 1.38 bits per heavy atom. The number of hydrogen-bond donors (Lipinski definition) is 1. The normalized spacial score (nSPS) is 8.62. The van der Waals surface area contributed by atoms with Gasteiger partial charge in [0.15, 0.2) is 0 Å². The van der Waals surface area contributed by atoms with Crippen LogP contribution in [0.2, 0.25) is 0 Å². The van der Waals surface area contributed by atoms with Crippen molar-refractivity contribution in [3.8, 4) is 0 Å². The van der Waals surface area contributed by atoms with Crippen molar-refractivity contribution >= 4 is 17.2 Å². The Kier molecular flexibility index (Phi) is 3.51. The van der Waals surface area contributed by atoms with Gasteiger partial charge < -0.3 is 10.2 Å². The lowest BCUT2D eigenvalue weighted by molar-refractivity contribution is 0.0999. The highest BCUT2D eigenvalue weighted by Crippen LogP contribution is 1.97. The monoisotopic (exact) mass is 199 g/mol. The number of nitrogens with zero attached hydrogens (tertiary/aromatic N) is 4. The summed E-state index contributed by atoms with van der Waals surface area (Å²) in [5, 5.41) is 13.7. The van der Waals surface area contributed by atoms with Gasteiger partial charge in [-0.05, 0) is 0 Å². The van der Waals surface area contributed by atoms with E-state index < -0.39 is 5.91 Å². The van der Waals surface area contributed by atoms with E-state index in [9.17, 15) is 4.79 Å². The van der Waals surface area contributed by atoms with Crippen LogP contribution in [-0.4, -0.2) is 26.3 Å². The molecular weight excluding hydrogens is 194 g/mol. The van der Waals surface area contributed by atoms with Gasteiger partial charge in [0, 0.05) is 0 Å². The van der Waals surface area contributed by atoms with E-state index in [1.165, 1.54) is 18.3 Å². The SMILES string of the molecule is NC(=O)c1nncs1.c1nnco1. The minimum absolute atomic E-state index is 0.255. The Labute approximate surface area is 76.6 Å². The van der Waals surface area contributed by atoms with E-state index in [2.05, 4.69) is 24.8 Å². The molecule has 0 saturated heterocycles. The largest absolute Gasteiger partial charge is 0.431 e. The maximum absolute atomic E-state index is 10.2. The average Bonchev–Trinajstić information content (AvgIpc) is 2.82. The number of aromatic nitrogens is 4. The Hall–Kier alpha value is -1.83. The molecule has 2 aromatic rings. The van der Waals surface area contributed by atoms with Crippen LogP contribution in [-0.2, 0) is 0 Å². The molecule has 2 rings (SSSR count). The number of hydrogen-bond acceptors (Lipinski definition) is 7. The summed E-state index contributed by atoms with van der Waals surface area (Å²) < 4.78 is 4.36. The molecule has 0 fully saturated rings. The first-order valence-corrected chi connectivity index (χ1v) is 3.93.